The molecule has 7 heteroatoms. The lowest BCUT2D eigenvalue weighted by Crippen LogP contribution is -2.43. The summed E-state index contributed by atoms with van der Waals surface area (Å²) in [7, 11) is -3.14. The molecule has 1 aliphatic heterocycles. The minimum absolute atomic E-state index is 0.0387. The number of unbranched alkanes of at least 4 members (excludes halogenated alkanes) is 1. The quantitative estimate of drug-likeness (QED) is 0.825. The van der Waals surface area contributed by atoms with Crippen LogP contribution >= 0.6 is 11.3 Å². The second-order valence-electron chi connectivity index (χ2n) is 5.69. The monoisotopic (exact) mass is 344 g/mol. The highest BCUT2D eigenvalue weighted by Crippen LogP contribution is 2.20. The number of amides is 1. The van der Waals surface area contributed by atoms with Gasteiger partial charge in [0.1, 0.15) is 0 Å². The standard InChI is InChI=1S/C15H24N2O3S2/c1-2-3-10-22(19,20)17-7-4-14(5-8-17)15(18)16-11-13-6-9-21-12-13/h6,9,12,14H,2-5,7-8,10-11H2,1H3,(H,16,18). The summed E-state index contributed by atoms with van der Waals surface area (Å²) >= 11 is 1.61. The molecule has 2 rings (SSSR count). The van der Waals surface area contributed by atoms with Crippen molar-refractivity contribution >= 4 is 27.3 Å². The number of hydrogen-bond acceptors (Lipinski definition) is 4. The van der Waals surface area contributed by atoms with Crippen molar-refractivity contribution in [1.82, 2.24) is 9.62 Å². The molecular formula is C15H24N2O3S2. The second kappa shape index (κ2) is 8.08. The van der Waals surface area contributed by atoms with Crippen LogP contribution in [0.5, 0.6) is 0 Å². The van der Waals surface area contributed by atoms with Crippen molar-refractivity contribution in [3.63, 3.8) is 0 Å². The van der Waals surface area contributed by atoms with Crippen LogP contribution in [-0.2, 0) is 21.4 Å². The Morgan fingerprint density at radius 1 is 1.41 bits per heavy atom. The zero-order valence-electron chi connectivity index (χ0n) is 13.0. The number of piperidine rings is 1. The molecule has 5 nitrogen and oxygen atoms in total. The Morgan fingerprint density at radius 2 is 2.14 bits per heavy atom. The van der Waals surface area contributed by atoms with E-state index in [-0.39, 0.29) is 17.6 Å². The zero-order valence-corrected chi connectivity index (χ0v) is 14.6. The van der Waals surface area contributed by atoms with Gasteiger partial charge in [0.25, 0.3) is 0 Å². The second-order valence-corrected chi connectivity index (χ2v) is 8.56. The fraction of sp³-hybridized carbons (Fsp3) is 0.667. The molecule has 0 saturated carbocycles. The number of nitrogens with one attached hydrogen (secondary N) is 1. The van der Waals surface area contributed by atoms with Gasteiger partial charge in [-0.2, -0.15) is 11.3 Å². The summed E-state index contributed by atoms with van der Waals surface area (Å²) in [6.45, 7) is 3.46. The Kier molecular flexibility index (Phi) is 6.40. The number of carbonyl (C=O) groups is 1. The van der Waals surface area contributed by atoms with E-state index < -0.39 is 10.0 Å². The molecule has 0 spiro atoms. The first kappa shape index (κ1) is 17.4. The molecule has 0 aromatic carbocycles. The predicted molar refractivity (Wildman–Crippen MR) is 89.2 cm³/mol. The van der Waals surface area contributed by atoms with Gasteiger partial charge < -0.3 is 5.32 Å². The highest BCUT2D eigenvalue weighted by molar-refractivity contribution is 7.89. The van der Waals surface area contributed by atoms with E-state index in [4.69, 9.17) is 0 Å². The van der Waals surface area contributed by atoms with Crippen LogP contribution < -0.4 is 5.32 Å². The van der Waals surface area contributed by atoms with E-state index in [0.29, 0.717) is 38.9 Å². The van der Waals surface area contributed by atoms with Gasteiger partial charge >= 0.3 is 0 Å². The molecule has 0 bridgehead atoms. The third kappa shape index (κ3) is 4.79. The van der Waals surface area contributed by atoms with Gasteiger partial charge in [0, 0.05) is 25.6 Å². The first-order chi connectivity index (χ1) is 10.5. The van der Waals surface area contributed by atoms with Gasteiger partial charge in [0.15, 0.2) is 0 Å². The molecule has 1 aliphatic rings. The first-order valence-electron chi connectivity index (χ1n) is 7.79. The Labute approximate surface area is 136 Å². The molecule has 124 valence electrons. The summed E-state index contributed by atoms with van der Waals surface area (Å²) in [5.41, 5.74) is 1.11. The summed E-state index contributed by atoms with van der Waals surface area (Å²) in [5, 5.41) is 6.95. The van der Waals surface area contributed by atoms with Gasteiger partial charge in [-0.25, -0.2) is 12.7 Å². The summed E-state index contributed by atoms with van der Waals surface area (Å²) in [5.74, 6) is 0.187. The average Bonchev–Trinajstić information content (AvgIpc) is 3.04. The van der Waals surface area contributed by atoms with E-state index in [1.165, 1.54) is 0 Å². The number of nitrogens with zero attached hydrogens (tertiary/aromatic N) is 1. The molecule has 1 aromatic heterocycles. The lowest BCUT2D eigenvalue weighted by atomic mass is 9.97. The highest BCUT2D eigenvalue weighted by atomic mass is 32.2. The van der Waals surface area contributed by atoms with Crippen LogP contribution in [0.4, 0.5) is 0 Å². The fourth-order valence-corrected chi connectivity index (χ4v) is 4.93. The number of thiophene rings is 1. The van der Waals surface area contributed by atoms with Crippen LogP contribution in [0.15, 0.2) is 16.8 Å². The van der Waals surface area contributed by atoms with Crippen molar-refractivity contribution in [3.8, 4) is 0 Å². The lowest BCUT2D eigenvalue weighted by molar-refractivity contribution is -0.126. The zero-order chi connectivity index (χ0) is 16.0. The van der Waals surface area contributed by atoms with E-state index >= 15 is 0 Å². The van der Waals surface area contributed by atoms with E-state index in [9.17, 15) is 13.2 Å². The van der Waals surface area contributed by atoms with Crippen molar-refractivity contribution in [2.75, 3.05) is 18.8 Å². The fourth-order valence-electron chi connectivity index (χ4n) is 2.58. The number of hydrogen-bond donors (Lipinski definition) is 1. The molecular weight excluding hydrogens is 320 g/mol. The number of rotatable bonds is 7. The molecule has 1 fully saturated rings. The Balaban J connectivity index is 1.77. The maximum atomic E-state index is 12.1. The molecule has 0 radical (unpaired) electrons. The van der Waals surface area contributed by atoms with Crippen LogP contribution in [0.1, 0.15) is 38.2 Å². The lowest BCUT2D eigenvalue weighted by Gasteiger charge is -2.30. The maximum Gasteiger partial charge on any atom is 0.223 e. The molecule has 22 heavy (non-hydrogen) atoms. The largest absolute Gasteiger partial charge is 0.352 e. The smallest absolute Gasteiger partial charge is 0.223 e. The van der Waals surface area contributed by atoms with Crippen molar-refractivity contribution in [3.05, 3.63) is 22.4 Å². The Hall–Kier alpha value is -0.920. The first-order valence-corrected chi connectivity index (χ1v) is 10.3. The van der Waals surface area contributed by atoms with Crippen LogP contribution in [0, 0.1) is 5.92 Å². The molecule has 2 heterocycles. The Morgan fingerprint density at radius 3 is 2.73 bits per heavy atom. The molecule has 1 amide bonds. The summed E-state index contributed by atoms with van der Waals surface area (Å²) in [6, 6.07) is 1.99. The average molecular weight is 345 g/mol. The van der Waals surface area contributed by atoms with E-state index in [1.54, 1.807) is 15.6 Å². The van der Waals surface area contributed by atoms with E-state index in [2.05, 4.69) is 5.32 Å². The normalized spacial score (nSPS) is 17.5. The maximum absolute atomic E-state index is 12.1. The molecule has 0 unspecified atom stereocenters. The van der Waals surface area contributed by atoms with Crippen LogP contribution in [0.2, 0.25) is 0 Å². The van der Waals surface area contributed by atoms with Gasteiger partial charge in [-0.15, -0.1) is 0 Å². The van der Waals surface area contributed by atoms with E-state index in [1.807, 2.05) is 23.8 Å². The number of carbonyl (C=O) groups excluding carboxylic acids is 1. The SMILES string of the molecule is CCCCS(=O)(=O)N1CCC(C(=O)NCc2ccsc2)CC1. The highest BCUT2D eigenvalue weighted by Gasteiger charge is 2.30. The van der Waals surface area contributed by atoms with Crippen LogP contribution in [0.25, 0.3) is 0 Å². The molecule has 1 aromatic rings. The van der Waals surface area contributed by atoms with Gasteiger partial charge in [-0.1, -0.05) is 13.3 Å². The topological polar surface area (TPSA) is 66.5 Å². The molecule has 1 saturated heterocycles. The van der Waals surface area contributed by atoms with Crippen molar-refractivity contribution in [2.24, 2.45) is 5.92 Å². The molecule has 0 aliphatic carbocycles. The Bertz CT molecular complexity index is 562. The summed E-state index contributed by atoms with van der Waals surface area (Å²) < 4.78 is 25.8. The molecule has 0 atom stereocenters. The van der Waals surface area contributed by atoms with Gasteiger partial charge in [-0.3, -0.25) is 4.79 Å². The number of sulfonamides is 1. The predicted octanol–water partition coefficient (Wildman–Crippen LogP) is 2.21. The van der Waals surface area contributed by atoms with Gasteiger partial charge in [0.05, 0.1) is 5.75 Å². The minimum atomic E-state index is -3.14. The minimum Gasteiger partial charge on any atom is -0.352 e. The molecule has 1 N–H and O–H groups in total. The van der Waals surface area contributed by atoms with Crippen molar-refractivity contribution in [1.29, 1.82) is 0 Å². The van der Waals surface area contributed by atoms with Crippen LogP contribution in [0.3, 0.4) is 0 Å². The summed E-state index contributed by atoms with van der Waals surface area (Å²) in [4.78, 5) is 12.1. The van der Waals surface area contributed by atoms with Gasteiger partial charge in [0.2, 0.25) is 15.9 Å². The third-order valence-electron chi connectivity index (χ3n) is 4.02. The van der Waals surface area contributed by atoms with Crippen molar-refractivity contribution in [2.45, 2.75) is 39.2 Å². The third-order valence-corrected chi connectivity index (χ3v) is 6.71. The summed E-state index contributed by atoms with van der Waals surface area (Å²) in [6.07, 6.45) is 2.80. The van der Waals surface area contributed by atoms with Crippen LogP contribution in [-0.4, -0.2) is 37.5 Å². The van der Waals surface area contributed by atoms with Crippen molar-refractivity contribution < 1.29 is 13.2 Å². The van der Waals surface area contributed by atoms with Gasteiger partial charge in [-0.05, 0) is 41.7 Å². The van der Waals surface area contributed by atoms with E-state index in [0.717, 1.165) is 12.0 Å².